The number of anilines is 6. The Balaban J connectivity index is 1.44. The van der Waals surface area contributed by atoms with E-state index in [9.17, 15) is 0 Å². The van der Waals surface area contributed by atoms with Crippen molar-refractivity contribution in [1.82, 2.24) is 0 Å². The number of benzene rings is 7. The van der Waals surface area contributed by atoms with Gasteiger partial charge >= 0.3 is 0 Å². The lowest BCUT2D eigenvalue weighted by molar-refractivity contribution is 0.921. The maximum Gasteiger partial charge on any atom is 0.248 e. The van der Waals surface area contributed by atoms with Crippen molar-refractivity contribution in [3.63, 3.8) is 0 Å². The van der Waals surface area contributed by atoms with Gasteiger partial charge in [0.15, 0.2) is 0 Å². The van der Waals surface area contributed by atoms with E-state index < -0.39 is 0 Å². The molecule has 2 heterocycles. The van der Waals surface area contributed by atoms with Gasteiger partial charge in [0, 0.05) is 11.4 Å². The third-order valence-corrected chi connectivity index (χ3v) is 11.1. The highest BCUT2D eigenvalue weighted by atomic mass is 15.3. The lowest BCUT2D eigenvalue weighted by Gasteiger charge is -2.46. The monoisotopic (exact) mass is 646 g/mol. The first kappa shape index (κ1) is 30.8. The molecular weight excluding hydrogens is 603 g/mol. The minimum absolute atomic E-state index is 0.0919. The molecule has 0 amide bonds. The zero-order chi connectivity index (χ0) is 34.1. The van der Waals surface area contributed by atoms with E-state index in [1.807, 2.05) is 0 Å². The summed E-state index contributed by atoms with van der Waals surface area (Å²) in [5.41, 5.74) is 18.5. The second kappa shape index (κ2) is 12.0. The van der Waals surface area contributed by atoms with Gasteiger partial charge in [0.25, 0.3) is 0 Å². The molecule has 0 atom stereocenters. The van der Waals surface area contributed by atoms with Crippen molar-refractivity contribution in [2.75, 3.05) is 9.80 Å². The molecule has 0 aliphatic carbocycles. The van der Waals surface area contributed by atoms with Gasteiger partial charge in [-0.2, -0.15) is 0 Å². The molecule has 7 aromatic rings. The van der Waals surface area contributed by atoms with E-state index in [1.165, 1.54) is 99.9 Å². The molecule has 7 aromatic carbocycles. The SMILES string of the molecule is CCCc1ccc(N2c3cc4ccccc4cc3N3c4ccc(CCC)cc4B(c4c(C)cc(C)cc4C)c4c3c2cc2ccccc42)cc1. The molecule has 244 valence electrons. The lowest BCUT2D eigenvalue weighted by Crippen LogP contribution is -2.59. The first-order valence-electron chi connectivity index (χ1n) is 18.4. The van der Waals surface area contributed by atoms with Gasteiger partial charge in [0.2, 0.25) is 6.71 Å². The van der Waals surface area contributed by atoms with E-state index in [4.69, 9.17) is 0 Å². The Morgan fingerprint density at radius 3 is 1.76 bits per heavy atom. The normalized spacial score (nSPS) is 13.1. The average molecular weight is 647 g/mol. The molecule has 0 saturated carbocycles. The average Bonchev–Trinajstić information content (AvgIpc) is 3.12. The molecule has 0 saturated heterocycles. The summed E-state index contributed by atoms with van der Waals surface area (Å²) < 4.78 is 0. The fourth-order valence-electron chi connectivity index (χ4n) is 9.09. The van der Waals surface area contributed by atoms with E-state index >= 15 is 0 Å². The molecule has 0 spiro atoms. The van der Waals surface area contributed by atoms with Gasteiger partial charge in [-0.05, 0) is 114 Å². The highest BCUT2D eigenvalue weighted by molar-refractivity contribution is 7.00. The minimum Gasteiger partial charge on any atom is -0.307 e. The maximum absolute atomic E-state index is 2.61. The van der Waals surface area contributed by atoms with Crippen LogP contribution in [0.4, 0.5) is 34.1 Å². The van der Waals surface area contributed by atoms with Crippen molar-refractivity contribution in [2.45, 2.75) is 60.3 Å². The number of aryl methyl sites for hydroxylation is 5. The Kier molecular flexibility index (Phi) is 7.35. The zero-order valence-electron chi connectivity index (χ0n) is 29.8. The lowest BCUT2D eigenvalue weighted by atomic mass is 9.33. The largest absolute Gasteiger partial charge is 0.307 e. The molecule has 2 aliphatic rings. The molecule has 0 bridgehead atoms. The summed E-state index contributed by atoms with van der Waals surface area (Å²) in [5.74, 6) is 0. The summed E-state index contributed by atoms with van der Waals surface area (Å²) >= 11 is 0. The quantitative estimate of drug-likeness (QED) is 0.166. The van der Waals surface area contributed by atoms with Gasteiger partial charge in [-0.25, -0.2) is 0 Å². The van der Waals surface area contributed by atoms with Crippen molar-refractivity contribution >= 4 is 78.8 Å². The van der Waals surface area contributed by atoms with Crippen molar-refractivity contribution in [1.29, 1.82) is 0 Å². The summed E-state index contributed by atoms with van der Waals surface area (Å²) in [6.45, 7) is 11.5. The molecule has 0 aromatic heterocycles. The van der Waals surface area contributed by atoms with Crippen LogP contribution in [0, 0.1) is 20.8 Å². The summed E-state index contributed by atoms with van der Waals surface area (Å²) in [4.78, 5) is 5.16. The summed E-state index contributed by atoms with van der Waals surface area (Å²) in [6.07, 6.45) is 4.43. The highest BCUT2D eigenvalue weighted by Gasteiger charge is 2.43. The van der Waals surface area contributed by atoms with Crippen LogP contribution in [-0.2, 0) is 12.8 Å². The first-order chi connectivity index (χ1) is 24.4. The summed E-state index contributed by atoms with van der Waals surface area (Å²) in [7, 11) is 0. The van der Waals surface area contributed by atoms with Crippen LogP contribution < -0.4 is 26.2 Å². The van der Waals surface area contributed by atoms with Gasteiger partial charge in [0.1, 0.15) is 0 Å². The number of nitrogens with zero attached hydrogens (tertiary/aromatic N) is 2. The predicted molar refractivity (Wildman–Crippen MR) is 218 cm³/mol. The second-order valence-electron chi connectivity index (χ2n) is 14.5. The Hall–Kier alpha value is -5.28. The van der Waals surface area contributed by atoms with Crippen LogP contribution in [-0.4, -0.2) is 6.71 Å². The standard InChI is InChI=1S/C47H43BN2/c1-6-12-33-18-21-38(22-19-33)49-42-27-35-14-8-9-15-36(35)28-43(42)50-41-23-20-34(13-7-2)26-40(41)48(45-31(4)24-30(3)25-32(45)5)46-39-17-11-10-16-37(39)29-44(49)47(46)50/h8-11,14-29H,6-7,12-13H2,1-5H3. The Bertz CT molecular complexity index is 2440. The van der Waals surface area contributed by atoms with Crippen LogP contribution in [0.2, 0.25) is 0 Å². The molecule has 2 nitrogen and oxygen atoms in total. The number of hydrogen-bond acceptors (Lipinski definition) is 2. The molecule has 0 fully saturated rings. The fraction of sp³-hybridized carbons (Fsp3) is 0.191. The summed E-state index contributed by atoms with van der Waals surface area (Å²) in [6, 6.07) is 46.6. The van der Waals surface area contributed by atoms with Crippen LogP contribution in [0.1, 0.15) is 54.5 Å². The van der Waals surface area contributed by atoms with Crippen LogP contribution in [0.25, 0.3) is 21.5 Å². The van der Waals surface area contributed by atoms with Crippen molar-refractivity contribution < 1.29 is 0 Å². The molecule has 50 heavy (non-hydrogen) atoms. The predicted octanol–water partition coefficient (Wildman–Crippen LogP) is 10.9. The molecule has 0 radical (unpaired) electrons. The topological polar surface area (TPSA) is 6.48 Å². The number of rotatable bonds is 6. The fourth-order valence-corrected chi connectivity index (χ4v) is 9.09. The molecule has 3 heteroatoms. The first-order valence-corrected chi connectivity index (χ1v) is 18.4. The van der Waals surface area contributed by atoms with Crippen LogP contribution >= 0.6 is 0 Å². The van der Waals surface area contributed by atoms with E-state index in [0.717, 1.165) is 25.7 Å². The van der Waals surface area contributed by atoms with Crippen molar-refractivity contribution in [3.8, 4) is 0 Å². The second-order valence-corrected chi connectivity index (χ2v) is 14.5. The number of hydrogen-bond donors (Lipinski definition) is 0. The highest BCUT2D eigenvalue weighted by Crippen LogP contribution is 2.56. The molecule has 2 aliphatic heterocycles. The maximum atomic E-state index is 2.61. The zero-order valence-corrected chi connectivity index (χ0v) is 29.8. The third kappa shape index (κ3) is 4.71. The Morgan fingerprint density at radius 2 is 1.08 bits per heavy atom. The molecule has 0 unspecified atom stereocenters. The van der Waals surface area contributed by atoms with E-state index in [1.54, 1.807) is 0 Å². The number of fused-ring (bicyclic) bond motifs is 7. The van der Waals surface area contributed by atoms with Crippen molar-refractivity contribution in [3.05, 3.63) is 149 Å². The third-order valence-electron chi connectivity index (χ3n) is 11.1. The Morgan fingerprint density at radius 1 is 0.500 bits per heavy atom. The van der Waals surface area contributed by atoms with Crippen LogP contribution in [0.3, 0.4) is 0 Å². The summed E-state index contributed by atoms with van der Waals surface area (Å²) in [5, 5.41) is 5.11. The van der Waals surface area contributed by atoms with Crippen LogP contribution in [0.5, 0.6) is 0 Å². The van der Waals surface area contributed by atoms with Gasteiger partial charge in [-0.15, -0.1) is 0 Å². The van der Waals surface area contributed by atoms with Crippen LogP contribution in [0.15, 0.2) is 121 Å². The molecule has 9 rings (SSSR count). The van der Waals surface area contributed by atoms with E-state index in [0.29, 0.717) is 0 Å². The van der Waals surface area contributed by atoms with Gasteiger partial charge in [0.05, 0.1) is 22.7 Å². The van der Waals surface area contributed by atoms with Gasteiger partial charge < -0.3 is 9.80 Å². The van der Waals surface area contributed by atoms with Gasteiger partial charge in [-0.1, -0.05) is 134 Å². The minimum atomic E-state index is 0.0919. The van der Waals surface area contributed by atoms with Crippen molar-refractivity contribution in [2.24, 2.45) is 0 Å². The molecule has 0 N–H and O–H groups in total. The van der Waals surface area contributed by atoms with E-state index in [2.05, 4.69) is 166 Å². The smallest absolute Gasteiger partial charge is 0.248 e. The van der Waals surface area contributed by atoms with Gasteiger partial charge in [-0.3, -0.25) is 0 Å². The Labute approximate surface area is 297 Å². The molecular formula is C47H43BN2. The van der Waals surface area contributed by atoms with E-state index in [-0.39, 0.29) is 6.71 Å².